The number of carbonyl (C=O) groups is 1. The quantitative estimate of drug-likeness (QED) is 0.476. The molecule has 1 N–H and O–H groups in total. The lowest BCUT2D eigenvalue weighted by molar-refractivity contribution is -0.115. The summed E-state index contributed by atoms with van der Waals surface area (Å²) in [5.74, 6) is 2.56. The predicted octanol–water partition coefficient (Wildman–Crippen LogP) is 5.57. The number of thioether (sulfide) groups is 1. The van der Waals surface area contributed by atoms with Gasteiger partial charge in [0.2, 0.25) is 5.91 Å². The molecular formula is C25H23N3OS. The van der Waals surface area contributed by atoms with Gasteiger partial charge in [-0.1, -0.05) is 60.2 Å². The van der Waals surface area contributed by atoms with Crippen molar-refractivity contribution in [1.82, 2.24) is 9.78 Å². The minimum Gasteiger partial charge on any atom is -0.310 e. The van der Waals surface area contributed by atoms with E-state index in [1.807, 2.05) is 40.7 Å². The van der Waals surface area contributed by atoms with Crippen molar-refractivity contribution >= 4 is 34.3 Å². The second-order valence-electron chi connectivity index (χ2n) is 7.83. The van der Waals surface area contributed by atoms with E-state index in [1.54, 1.807) is 0 Å². The van der Waals surface area contributed by atoms with Gasteiger partial charge in [-0.3, -0.25) is 4.79 Å². The third-order valence-corrected chi connectivity index (χ3v) is 6.59. The van der Waals surface area contributed by atoms with E-state index in [9.17, 15) is 4.79 Å². The van der Waals surface area contributed by atoms with E-state index in [4.69, 9.17) is 5.10 Å². The summed E-state index contributed by atoms with van der Waals surface area (Å²) in [6, 6.07) is 20.6. The molecule has 5 heteroatoms. The van der Waals surface area contributed by atoms with Crippen molar-refractivity contribution < 1.29 is 4.79 Å². The number of carbonyl (C=O) groups excluding carboxylic acids is 1. The molecular weight excluding hydrogens is 390 g/mol. The largest absolute Gasteiger partial charge is 0.310 e. The van der Waals surface area contributed by atoms with Crippen molar-refractivity contribution in [2.45, 2.75) is 31.8 Å². The molecule has 5 rings (SSSR count). The van der Waals surface area contributed by atoms with Crippen LogP contribution in [0.4, 0.5) is 5.82 Å². The highest BCUT2D eigenvalue weighted by molar-refractivity contribution is 7.98. The standard InChI is InChI=1S/C25H23N3OS/c1-16-10-11-23(17(2)12-16)28-25(21-14-30-15-22(21)27-28)26-24(29)13-19-8-5-7-18-6-3-4-9-20(18)19/h3-12H,13-15H2,1-2H3,(H,26,29). The molecule has 150 valence electrons. The van der Waals surface area contributed by atoms with Crippen LogP contribution in [0.15, 0.2) is 60.7 Å². The van der Waals surface area contributed by atoms with Gasteiger partial charge in [0.05, 0.1) is 17.8 Å². The number of aryl methyl sites for hydroxylation is 2. The zero-order valence-corrected chi connectivity index (χ0v) is 17.9. The van der Waals surface area contributed by atoms with Gasteiger partial charge < -0.3 is 5.32 Å². The minimum absolute atomic E-state index is 0.0167. The van der Waals surface area contributed by atoms with Crippen LogP contribution in [0, 0.1) is 13.8 Å². The van der Waals surface area contributed by atoms with Crippen molar-refractivity contribution in [1.29, 1.82) is 0 Å². The fraction of sp³-hybridized carbons (Fsp3) is 0.200. The molecule has 2 heterocycles. The van der Waals surface area contributed by atoms with Crippen LogP contribution in [0.25, 0.3) is 16.5 Å². The Hall–Kier alpha value is -3.05. The number of hydrogen-bond donors (Lipinski definition) is 1. The zero-order chi connectivity index (χ0) is 20.7. The van der Waals surface area contributed by atoms with Gasteiger partial charge in [0.15, 0.2) is 0 Å². The normalized spacial score (nSPS) is 12.9. The maximum absolute atomic E-state index is 13.1. The average Bonchev–Trinajstić information content (AvgIpc) is 3.31. The Morgan fingerprint density at radius 3 is 2.77 bits per heavy atom. The first kappa shape index (κ1) is 18.9. The predicted molar refractivity (Wildman–Crippen MR) is 124 cm³/mol. The molecule has 0 saturated heterocycles. The van der Waals surface area contributed by atoms with Crippen molar-refractivity contribution in [2.24, 2.45) is 0 Å². The van der Waals surface area contributed by atoms with Crippen LogP contribution in [0.3, 0.4) is 0 Å². The molecule has 0 fully saturated rings. The van der Waals surface area contributed by atoms with Gasteiger partial charge in [-0.25, -0.2) is 4.68 Å². The second kappa shape index (κ2) is 7.65. The maximum Gasteiger partial charge on any atom is 0.229 e. The molecule has 1 amide bonds. The smallest absolute Gasteiger partial charge is 0.229 e. The highest BCUT2D eigenvalue weighted by Gasteiger charge is 2.25. The molecule has 0 radical (unpaired) electrons. The Balaban J connectivity index is 1.49. The van der Waals surface area contributed by atoms with Crippen molar-refractivity contribution in [3.8, 4) is 5.69 Å². The van der Waals surface area contributed by atoms with Crippen LogP contribution in [0.5, 0.6) is 0 Å². The van der Waals surface area contributed by atoms with Gasteiger partial charge in [0, 0.05) is 17.1 Å². The number of nitrogens with zero attached hydrogens (tertiary/aromatic N) is 2. The van der Waals surface area contributed by atoms with Gasteiger partial charge in [0.25, 0.3) is 0 Å². The Morgan fingerprint density at radius 1 is 1.07 bits per heavy atom. The molecule has 3 aromatic carbocycles. The number of fused-ring (bicyclic) bond motifs is 2. The van der Waals surface area contributed by atoms with E-state index in [2.05, 4.69) is 55.6 Å². The molecule has 4 aromatic rings. The van der Waals surface area contributed by atoms with Gasteiger partial charge in [-0.15, -0.1) is 0 Å². The van der Waals surface area contributed by atoms with E-state index in [1.165, 1.54) is 5.56 Å². The maximum atomic E-state index is 13.1. The highest BCUT2D eigenvalue weighted by Crippen LogP contribution is 2.36. The lowest BCUT2D eigenvalue weighted by Gasteiger charge is -2.14. The summed E-state index contributed by atoms with van der Waals surface area (Å²) in [5, 5.41) is 10.3. The molecule has 0 unspecified atom stereocenters. The lowest BCUT2D eigenvalue weighted by Crippen LogP contribution is -2.18. The number of rotatable bonds is 4. The molecule has 1 aromatic heterocycles. The first-order valence-electron chi connectivity index (χ1n) is 10.1. The molecule has 0 bridgehead atoms. The molecule has 0 saturated carbocycles. The van der Waals surface area contributed by atoms with Gasteiger partial charge in [-0.05, 0) is 41.8 Å². The highest BCUT2D eigenvalue weighted by atomic mass is 32.2. The summed E-state index contributed by atoms with van der Waals surface area (Å²) >= 11 is 1.84. The molecule has 4 nitrogen and oxygen atoms in total. The van der Waals surface area contributed by atoms with Crippen LogP contribution in [0.2, 0.25) is 0 Å². The Bertz CT molecular complexity index is 1270. The van der Waals surface area contributed by atoms with Crippen LogP contribution < -0.4 is 5.32 Å². The molecule has 0 spiro atoms. The third kappa shape index (κ3) is 3.39. The fourth-order valence-electron chi connectivity index (χ4n) is 4.15. The summed E-state index contributed by atoms with van der Waals surface area (Å²) in [5.41, 5.74) is 6.63. The van der Waals surface area contributed by atoms with Gasteiger partial charge in [0.1, 0.15) is 5.82 Å². The van der Waals surface area contributed by atoms with Crippen molar-refractivity contribution in [3.05, 3.63) is 88.6 Å². The number of anilines is 1. The Labute approximate surface area is 180 Å². The summed E-state index contributed by atoms with van der Waals surface area (Å²) in [7, 11) is 0. The van der Waals surface area contributed by atoms with Crippen LogP contribution in [0.1, 0.15) is 27.9 Å². The molecule has 0 atom stereocenters. The van der Waals surface area contributed by atoms with E-state index in [0.717, 1.165) is 56.2 Å². The molecule has 1 aliphatic heterocycles. The fourth-order valence-corrected chi connectivity index (χ4v) is 5.19. The van der Waals surface area contributed by atoms with Crippen LogP contribution in [-0.2, 0) is 22.7 Å². The van der Waals surface area contributed by atoms with E-state index < -0.39 is 0 Å². The summed E-state index contributed by atoms with van der Waals surface area (Å²) < 4.78 is 1.92. The molecule has 30 heavy (non-hydrogen) atoms. The van der Waals surface area contributed by atoms with Crippen LogP contribution >= 0.6 is 11.8 Å². The van der Waals surface area contributed by atoms with E-state index in [0.29, 0.717) is 6.42 Å². The molecule has 0 aliphatic carbocycles. The number of benzene rings is 3. The number of aromatic nitrogens is 2. The van der Waals surface area contributed by atoms with E-state index in [-0.39, 0.29) is 5.91 Å². The lowest BCUT2D eigenvalue weighted by atomic mass is 10.0. The van der Waals surface area contributed by atoms with Gasteiger partial charge in [-0.2, -0.15) is 16.9 Å². The Morgan fingerprint density at radius 2 is 1.90 bits per heavy atom. The third-order valence-electron chi connectivity index (χ3n) is 5.62. The second-order valence-corrected chi connectivity index (χ2v) is 8.82. The average molecular weight is 414 g/mol. The van der Waals surface area contributed by atoms with Gasteiger partial charge >= 0.3 is 0 Å². The zero-order valence-electron chi connectivity index (χ0n) is 17.1. The summed E-state index contributed by atoms with van der Waals surface area (Å²) in [6.07, 6.45) is 0.335. The number of nitrogens with one attached hydrogen (secondary N) is 1. The SMILES string of the molecule is Cc1ccc(-n2nc3c(c2NC(=O)Cc2cccc4ccccc24)CSC3)c(C)c1. The monoisotopic (exact) mass is 413 g/mol. The summed E-state index contributed by atoms with van der Waals surface area (Å²) in [6.45, 7) is 4.18. The minimum atomic E-state index is -0.0167. The first-order valence-corrected chi connectivity index (χ1v) is 11.3. The topological polar surface area (TPSA) is 46.9 Å². The van der Waals surface area contributed by atoms with E-state index >= 15 is 0 Å². The summed E-state index contributed by atoms with van der Waals surface area (Å²) in [4.78, 5) is 13.1. The number of amides is 1. The van der Waals surface area contributed by atoms with Crippen molar-refractivity contribution in [2.75, 3.05) is 5.32 Å². The first-order chi connectivity index (χ1) is 14.6. The van der Waals surface area contributed by atoms with Crippen LogP contribution in [-0.4, -0.2) is 15.7 Å². The van der Waals surface area contributed by atoms with Crippen molar-refractivity contribution in [3.63, 3.8) is 0 Å². The molecule has 1 aliphatic rings. The number of hydrogen-bond acceptors (Lipinski definition) is 3. The Kier molecular flexibility index (Phi) is 4.83.